The molecule has 1 amide bonds. The Kier molecular flexibility index (Phi) is 7.07. The number of hydrogen-bond acceptors (Lipinski definition) is 4. The van der Waals surface area contributed by atoms with E-state index in [9.17, 15) is 4.79 Å². The Balaban J connectivity index is 2.02. The molecule has 2 atom stereocenters. The van der Waals surface area contributed by atoms with E-state index in [0.29, 0.717) is 12.1 Å². The molecule has 0 unspecified atom stereocenters. The van der Waals surface area contributed by atoms with Gasteiger partial charge in [-0.1, -0.05) is 6.07 Å². The van der Waals surface area contributed by atoms with Crippen LogP contribution in [0.1, 0.15) is 50.8 Å². The molecule has 146 valence electrons. The number of carbonyl (C=O) groups is 1. The van der Waals surface area contributed by atoms with Gasteiger partial charge in [0.2, 0.25) is 5.91 Å². The number of likely N-dealkylation sites (tertiary alicyclic amines) is 1. The smallest absolute Gasteiger partial charge is 0.237 e. The second-order valence-corrected chi connectivity index (χ2v) is 7.96. The molecule has 0 saturated carbocycles. The Morgan fingerprint density at radius 3 is 2.50 bits per heavy atom. The van der Waals surface area contributed by atoms with Gasteiger partial charge in [0.25, 0.3) is 0 Å². The van der Waals surface area contributed by atoms with Gasteiger partial charge in [-0.05, 0) is 70.7 Å². The lowest BCUT2D eigenvalue weighted by Crippen LogP contribution is -2.47. The lowest BCUT2D eigenvalue weighted by molar-refractivity contribution is -0.126. The van der Waals surface area contributed by atoms with Gasteiger partial charge in [0.1, 0.15) is 5.75 Å². The molecular weight excluding hydrogens is 326 g/mol. The largest absolute Gasteiger partial charge is 0.496 e. The van der Waals surface area contributed by atoms with Crippen molar-refractivity contribution in [3.05, 3.63) is 28.8 Å². The predicted octanol–water partition coefficient (Wildman–Crippen LogP) is 2.78. The van der Waals surface area contributed by atoms with E-state index in [1.165, 1.54) is 16.7 Å². The van der Waals surface area contributed by atoms with Crippen LogP contribution >= 0.6 is 0 Å². The molecule has 1 heterocycles. The van der Waals surface area contributed by atoms with E-state index < -0.39 is 0 Å². The summed E-state index contributed by atoms with van der Waals surface area (Å²) in [5.74, 6) is 1.08. The Hall–Kier alpha value is -1.59. The summed E-state index contributed by atoms with van der Waals surface area (Å²) < 4.78 is 5.40. The molecule has 0 spiro atoms. The number of rotatable bonds is 7. The third-order valence-corrected chi connectivity index (χ3v) is 5.39. The third kappa shape index (κ3) is 4.77. The fraction of sp³-hybridized carbons (Fsp3) is 0.667. The van der Waals surface area contributed by atoms with Crippen LogP contribution in [0.3, 0.4) is 0 Å². The number of methoxy groups -OCH3 is 1. The minimum Gasteiger partial charge on any atom is -0.496 e. The van der Waals surface area contributed by atoms with Gasteiger partial charge in [-0.25, -0.2) is 0 Å². The van der Waals surface area contributed by atoms with E-state index in [1.807, 2.05) is 19.9 Å². The van der Waals surface area contributed by atoms with E-state index in [2.05, 4.69) is 49.3 Å². The summed E-state index contributed by atoms with van der Waals surface area (Å²) >= 11 is 0. The van der Waals surface area contributed by atoms with Crippen molar-refractivity contribution in [2.24, 2.45) is 0 Å². The molecule has 26 heavy (non-hydrogen) atoms. The monoisotopic (exact) mass is 361 g/mol. The Morgan fingerprint density at radius 1 is 1.23 bits per heavy atom. The molecule has 1 aliphatic rings. The number of benzene rings is 1. The van der Waals surface area contributed by atoms with Gasteiger partial charge >= 0.3 is 0 Å². The van der Waals surface area contributed by atoms with Crippen LogP contribution < -0.4 is 15.4 Å². The lowest BCUT2D eigenvalue weighted by Gasteiger charge is -2.27. The van der Waals surface area contributed by atoms with Gasteiger partial charge in [0.15, 0.2) is 0 Å². The number of carbonyl (C=O) groups excluding carboxylic acids is 1. The van der Waals surface area contributed by atoms with E-state index in [-0.39, 0.29) is 18.0 Å². The average Bonchev–Trinajstić information content (AvgIpc) is 3.00. The van der Waals surface area contributed by atoms with Crippen LogP contribution in [-0.4, -0.2) is 48.6 Å². The zero-order chi connectivity index (χ0) is 19.4. The van der Waals surface area contributed by atoms with Crippen molar-refractivity contribution >= 4 is 5.91 Å². The Bertz CT molecular complexity index is 628. The molecular formula is C21H35N3O2. The molecule has 1 aromatic rings. The number of nitrogens with zero attached hydrogens (tertiary/aromatic N) is 1. The minimum atomic E-state index is -0.0476. The highest BCUT2D eigenvalue weighted by Crippen LogP contribution is 2.25. The zero-order valence-electron chi connectivity index (χ0n) is 17.3. The number of amides is 1. The SMILES string of the molecule is COc1ccc(CN[C@@H]2C[C@@H](C(=O)NC(C)C)N(C(C)C)C2)c(C)c1C. The minimum absolute atomic E-state index is 0.0476. The molecule has 0 radical (unpaired) electrons. The highest BCUT2D eigenvalue weighted by Gasteiger charge is 2.37. The van der Waals surface area contributed by atoms with E-state index in [1.54, 1.807) is 7.11 Å². The lowest BCUT2D eigenvalue weighted by atomic mass is 10.0. The van der Waals surface area contributed by atoms with Gasteiger partial charge < -0.3 is 15.4 Å². The molecule has 2 rings (SSSR count). The fourth-order valence-electron chi connectivity index (χ4n) is 3.74. The molecule has 1 fully saturated rings. The molecule has 1 aromatic carbocycles. The number of ether oxygens (including phenoxy) is 1. The van der Waals surface area contributed by atoms with Crippen LogP contribution in [-0.2, 0) is 11.3 Å². The zero-order valence-corrected chi connectivity index (χ0v) is 17.3. The topological polar surface area (TPSA) is 53.6 Å². The number of hydrogen-bond donors (Lipinski definition) is 2. The van der Waals surface area contributed by atoms with Crippen molar-refractivity contribution in [1.82, 2.24) is 15.5 Å². The molecule has 0 bridgehead atoms. The standard InChI is InChI=1S/C21H35N3O2/c1-13(2)23-21(25)19-10-18(12-24(19)14(3)4)22-11-17-8-9-20(26-7)16(6)15(17)5/h8-9,13-14,18-19,22H,10-12H2,1-7H3,(H,23,25)/t18-,19+/m1/s1. The maximum Gasteiger partial charge on any atom is 0.237 e. The van der Waals surface area contributed by atoms with E-state index >= 15 is 0 Å². The first-order chi connectivity index (χ1) is 12.2. The van der Waals surface area contributed by atoms with E-state index in [0.717, 1.165) is 25.3 Å². The van der Waals surface area contributed by atoms with Crippen molar-refractivity contribution in [2.75, 3.05) is 13.7 Å². The van der Waals surface area contributed by atoms with Crippen LogP contribution in [0, 0.1) is 13.8 Å². The first-order valence-electron chi connectivity index (χ1n) is 9.67. The summed E-state index contributed by atoms with van der Waals surface area (Å²) in [6.07, 6.45) is 0.852. The van der Waals surface area contributed by atoms with Crippen LogP contribution in [0.4, 0.5) is 0 Å². The molecule has 0 aromatic heterocycles. The van der Waals surface area contributed by atoms with Crippen molar-refractivity contribution in [3.8, 4) is 5.75 Å². The summed E-state index contributed by atoms with van der Waals surface area (Å²) in [6.45, 7) is 14.3. The van der Waals surface area contributed by atoms with Crippen LogP contribution in [0.25, 0.3) is 0 Å². The van der Waals surface area contributed by atoms with Crippen molar-refractivity contribution in [2.45, 2.75) is 78.7 Å². The quantitative estimate of drug-likeness (QED) is 0.784. The maximum atomic E-state index is 12.6. The second kappa shape index (κ2) is 8.87. The second-order valence-electron chi connectivity index (χ2n) is 7.96. The molecule has 1 saturated heterocycles. The fourth-order valence-corrected chi connectivity index (χ4v) is 3.74. The highest BCUT2D eigenvalue weighted by atomic mass is 16.5. The predicted molar refractivity (Wildman–Crippen MR) is 107 cm³/mol. The van der Waals surface area contributed by atoms with Crippen LogP contribution in [0.15, 0.2) is 12.1 Å². The van der Waals surface area contributed by atoms with Gasteiger partial charge in [0.05, 0.1) is 13.2 Å². The van der Waals surface area contributed by atoms with Gasteiger partial charge in [-0.15, -0.1) is 0 Å². The summed E-state index contributed by atoms with van der Waals surface area (Å²) in [5, 5.41) is 6.73. The van der Waals surface area contributed by atoms with Crippen molar-refractivity contribution in [1.29, 1.82) is 0 Å². The van der Waals surface area contributed by atoms with Gasteiger partial charge in [0, 0.05) is 31.2 Å². The first-order valence-corrected chi connectivity index (χ1v) is 9.67. The normalized spacial score (nSPS) is 20.8. The van der Waals surface area contributed by atoms with Gasteiger partial charge in [-0.3, -0.25) is 9.69 Å². The first kappa shape index (κ1) is 20.7. The van der Waals surface area contributed by atoms with E-state index in [4.69, 9.17) is 4.74 Å². The molecule has 2 N–H and O–H groups in total. The highest BCUT2D eigenvalue weighted by molar-refractivity contribution is 5.82. The molecule has 1 aliphatic heterocycles. The Morgan fingerprint density at radius 2 is 1.92 bits per heavy atom. The molecule has 5 nitrogen and oxygen atoms in total. The number of nitrogens with one attached hydrogen (secondary N) is 2. The van der Waals surface area contributed by atoms with Crippen LogP contribution in [0.5, 0.6) is 5.75 Å². The van der Waals surface area contributed by atoms with Crippen molar-refractivity contribution < 1.29 is 9.53 Å². The van der Waals surface area contributed by atoms with Crippen LogP contribution in [0.2, 0.25) is 0 Å². The molecule has 5 heteroatoms. The summed E-state index contributed by atoms with van der Waals surface area (Å²) in [5.41, 5.74) is 3.75. The van der Waals surface area contributed by atoms with Crippen molar-refractivity contribution in [3.63, 3.8) is 0 Å². The maximum absolute atomic E-state index is 12.6. The molecule has 0 aliphatic carbocycles. The third-order valence-electron chi connectivity index (χ3n) is 5.39. The average molecular weight is 362 g/mol. The Labute approximate surface area is 158 Å². The van der Waals surface area contributed by atoms with Gasteiger partial charge in [-0.2, -0.15) is 0 Å². The summed E-state index contributed by atoms with van der Waals surface area (Å²) in [7, 11) is 1.71. The summed E-state index contributed by atoms with van der Waals surface area (Å²) in [4.78, 5) is 14.9. The summed E-state index contributed by atoms with van der Waals surface area (Å²) in [6, 6.07) is 4.97.